The molecule has 1 aromatic heterocycles. The highest BCUT2D eigenvalue weighted by molar-refractivity contribution is 6.30. The number of aromatic nitrogens is 2. The molecule has 1 aliphatic rings. The molecule has 1 N–H and O–H groups in total. The number of nitrogens with one attached hydrogen (secondary N) is 1. The molecule has 21 heavy (non-hydrogen) atoms. The van der Waals surface area contributed by atoms with Crippen LogP contribution in [0.1, 0.15) is 17.0 Å². The van der Waals surface area contributed by atoms with Gasteiger partial charge >= 0.3 is 0 Å². The van der Waals surface area contributed by atoms with E-state index in [1.807, 2.05) is 12.1 Å². The number of benzene rings is 1. The van der Waals surface area contributed by atoms with Gasteiger partial charge in [0.25, 0.3) is 0 Å². The van der Waals surface area contributed by atoms with Crippen LogP contribution in [0, 0.1) is 13.8 Å². The van der Waals surface area contributed by atoms with Gasteiger partial charge in [0.2, 0.25) is 0 Å². The Morgan fingerprint density at radius 1 is 1.19 bits per heavy atom. The Hall–Kier alpha value is -1.52. The van der Waals surface area contributed by atoms with Crippen LogP contribution in [0.3, 0.4) is 0 Å². The van der Waals surface area contributed by atoms with Gasteiger partial charge in [0.05, 0.1) is 17.1 Å². The predicted molar refractivity (Wildman–Crippen MR) is 87.0 cm³/mol. The van der Waals surface area contributed by atoms with Crippen molar-refractivity contribution in [3.05, 3.63) is 46.2 Å². The van der Waals surface area contributed by atoms with Crippen LogP contribution in [0.2, 0.25) is 5.02 Å². The highest BCUT2D eigenvalue weighted by Gasteiger charge is 2.21. The van der Waals surface area contributed by atoms with Gasteiger partial charge in [-0.05, 0) is 31.5 Å². The summed E-state index contributed by atoms with van der Waals surface area (Å²) in [5, 5.41) is 8.18. The second kappa shape index (κ2) is 6.08. The molecule has 0 aliphatic carbocycles. The predicted octanol–water partition coefficient (Wildman–Crippen LogP) is 3.00. The molecule has 0 unspecified atom stereocenters. The SMILES string of the molecule is Cc1n[nH]c(C)c1N1CCN(Cc2cccc(Cl)c2)CC1. The Bertz CT molecular complexity index is 595. The summed E-state index contributed by atoms with van der Waals surface area (Å²) in [6, 6.07) is 8.14. The molecule has 5 heteroatoms. The van der Waals surface area contributed by atoms with Crippen molar-refractivity contribution in [2.45, 2.75) is 20.4 Å². The third-order valence-corrected chi connectivity index (χ3v) is 4.31. The molecule has 0 bridgehead atoms. The highest BCUT2D eigenvalue weighted by atomic mass is 35.5. The first kappa shape index (κ1) is 14.4. The lowest BCUT2D eigenvalue weighted by Crippen LogP contribution is -2.46. The Morgan fingerprint density at radius 2 is 1.95 bits per heavy atom. The van der Waals surface area contributed by atoms with Gasteiger partial charge < -0.3 is 4.90 Å². The monoisotopic (exact) mass is 304 g/mol. The van der Waals surface area contributed by atoms with Gasteiger partial charge in [-0.1, -0.05) is 23.7 Å². The highest BCUT2D eigenvalue weighted by Crippen LogP contribution is 2.23. The number of nitrogens with zero attached hydrogens (tertiary/aromatic N) is 3. The third kappa shape index (κ3) is 3.22. The fourth-order valence-electron chi connectivity index (χ4n) is 3.03. The van der Waals surface area contributed by atoms with Gasteiger partial charge in [-0.15, -0.1) is 0 Å². The standard InChI is InChI=1S/C16H21ClN4/c1-12-16(13(2)19-18-12)21-8-6-20(7-9-21)11-14-4-3-5-15(17)10-14/h3-5,10H,6-9,11H2,1-2H3,(H,18,19). The molecule has 0 spiro atoms. The Labute approximate surface area is 130 Å². The van der Waals surface area contributed by atoms with Crippen molar-refractivity contribution in [1.29, 1.82) is 0 Å². The van der Waals surface area contributed by atoms with Gasteiger partial charge in [0, 0.05) is 37.7 Å². The zero-order chi connectivity index (χ0) is 14.8. The summed E-state index contributed by atoms with van der Waals surface area (Å²) < 4.78 is 0. The van der Waals surface area contributed by atoms with E-state index in [2.05, 4.69) is 46.0 Å². The van der Waals surface area contributed by atoms with Gasteiger partial charge in [0.15, 0.2) is 0 Å². The van der Waals surface area contributed by atoms with Gasteiger partial charge in [0.1, 0.15) is 0 Å². The van der Waals surface area contributed by atoms with E-state index >= 15 is 0 Å². The van der Waals surface area contributed by atoms with Crippen LogP contribution in [-0.2, 0) is 6.54 Å². The molecule has 112 valence electrons. The van der Waals surface area contributed by atoms with Crippen molar-refractivity contribution >= 4 is 17.3 Å². The minimum absolute atomic E-state index is 0.816. The lowest BCUT2D eigenvalue weighted by molar-refractivity contribution is 0.249. The molecule has 3 rings (SSSR count). The smallest absolute Gasteiger partial charge is 0.0827 e. The maximum Gasteiger partial charge on any atom is 0.0827 e. The Balaban J connectivity index is 1.60. The second-order valence-corrected chi connectivity index (χ2v) is 6.11. The maximum atomic E-state index is 6.05. The zero-order valence-corrected chi connectivity index (χ0v) is 13.3. The van der Waals surface area contributed by atoms with Crippen LogP contribution in [-0.4, -0.2) is 41.3 Å². The molecule has 4 nitrogen and oxygen atoms in total. The molecule has 1 aromatic carbocycles. The minimum Gasteiger partial charge on any atom is -0.366 e. The Kier molecular flexibility index (Phi) is 4.17. The second-order valence-electron chi connectivity index (χ2n) is 5.68. The fraction of sp³-hybridized carbons (Fsp3) is 0.438. The molecule has 0 saturated carbocycles. The molecule has 2 heterocycles. The molecule has 1 aliphatic heterocycles. The number of anilines is 1. The average molecular weight is 305 g/mol. The largest absolute Gasteiger partial charge is 0.366 e. The third-order valence-electron chi connectivity index (χ3n) is 4.07. The topological polar surface area (TPSA) is 35.2 Å². The van der Waals surface area contributed by atoms with E-state index in [4.69, 9.17) is 11.6 Å². The summed E-state index contributed by atoms with van der Waals surface area (Å²) in [4.78, 5) is 4.91. The number of rotatable bonds is 3. The van der Waals surface area contributed by atoms with Gasteiger partial charge in [-0.3, -0.25) is 10.00 Å². The molecule has 2 aromatic rings. The summed E-state index contributed by atoms with van der Waals surface area (Å²) in [6.45, 7) is 9.35. The number of hydrogen-bond acceptors (Lipinski definition) is 3. The number of H-pyrrole nitrogens is 1. The van der Waals surface area contributed by atoms with Crippen LogP contribution >= 0.6 is 11.6 Å². The van der Waals surface area contributed by atoms with Crippen LogP contribution in [0.15, 0.2) is 24.3 Å². The van der Waals surface area contributed by atoms with E-state index in [9.17, 15) is 0 Å². The van der Waals surface area contributed by atoms with Crippen molar-refractivity contribution < 1.29 is 0 Å². The molecule has 0 radical (unpaired) electrons. The van der Waals surface area contributed by atoms with Crippen molar-refractivity contribution in [3.8, 4) is 0 Å². The van der Waals surface area contributed by atoms with Crippen LogP contribution < -0.4 is 4.90 Å². The summed E-state index contributed by atoms with van der Waals surface area (Å²) in [7, 11) is 0. The first-order chi connectivity index (χ1) is 10.1. The van der Waals surface area contributed by atoms with E-state index in [1.165, 1.54) is 11.3 Å². The quantitative estimate of drug-likeness (QED) is 0.947. The molecule has 0 amide bonds. The van der Waals surface area contributed by atoms with E-state index in [-0.39, 0.29) is 0 Å². The van der Waals surface area contributed by atoms with Crippen molar-refractivity contribution in [2.24, 2.45) is 0 Å². The first-order valence-corrected chi connectivity index (χ1v) is 7.74. The summed E-state index contributed by atoms with van der Waals surface area (Å²) in [5.41, 5.74) is 4.82. The number of aryl methyl sites for hydroxylation is 2. The van der Waals surface area contributed by atoms with E-state index < -0.39 is 0 Å². The maximum absolute atomic E-state index is 6.05. The molecule has 1 fully saturated rings. The lowest BCUT2D eigenvalue weighted by atomic mass is 10.2. The summed E-state index contributed by atoms with van der Waals surface area (Å²) in [6.07, 6.45) is 0. The number of halogens is 1. The van der Waals surface area contributed by atoms with Gasteiger partial charge in [-0.25, -0.2) is 0 Å². The molecule has 1 saturated heterocycles. The van der Waals surface area contributed by atoms with Crippen LogP contribution in [0.5, 0.6) is 0 Å². The van der Waals surface area contributed by atoms with Crippen molar-refractivity contribution in [2.75, 3.05) is 31.1 Å². The molecular formula is C16H21ClN4. The van der Waals surface area contributed by atoms with Gasteiger partial charge in [-0.2, -0.15) is 5.10 Å². The van der Waals surface area contributed by atoms with Crippen LogP contribution in [0.4, 0.5) is 5.69 Å². The van der Waals surface area contributed by atoms with Crippen molar-refractivity contribution in [1.82, 2.24) is 15.1 Å². The zero-order valence-electron chi connectivity index (χ0n) is 12.6. The lowest BCUT2D eigenvalue weighted by Gasteiger charge is -2.36. The first-order valence-electron chi connectivity index (χ1n) is 7.37. The Morgan fingerprint density at radius 3 is 2.57 bits per heavy atom. The van der Waals surface area contributed by atoms with Crippen LogP contribution in [0.25, 0.3) is 0 Å². The number of piperazine rings is 1. The summed E-state index contributed by atoms with van der Waals surface area (Å²) >= 11 is 6.05. The van der Waals surface area contributed by atoms with Crippen molar-refractivity contribution in [3.63, 3.8) is 0 Å². The number of aromatic amines is 1. The summed E-state index contributed by atoms with van der Waals surface area (Å²) in [5.74, 6) is 0. The van der Waals surface area contributed by atoms with E-state index in [1.54, 1.807) is 0 Å². The fourth-order valence-corrected chi connectivity index (χ4v) is 3.25. The normalized spacial score (nSPS) is 16.4. The minimum atomic E-state index is 0.816. The molecular weight excluding hydrogens is 284 g/mol. The molecule has 0 atom stereocenters. The van der Waals surface area contributed by atoms with E-state index in [0.717, 1.165) is 49.1 Å². The average Bonchev–Trinajstić information content (AvgIpc) is 2.79. The number of hydrogen-bond donors (Lipinski definition) is 1. The van der Waals surface area contributed by atoms with E-state index in [0.29, 0.717) is 0 Å².